The topological polar surface area (TPSA) is 9.23 Å². The van der Waals surface area contributed by atoms with Gasteiger partial charge in [-0.05, 0) is 42.4 Å². The molecule has 0 N–H and O–H groups in total. The number of hydrogen-bond donors (Lipinski definition) is 0. The average Bonchev–Trinajstić information content (AvgIpc) is 2.35. The van der Waals surface area contributed by atoms with Crippen LogP contribution in [0.5, 0.6) is 0 Å². The van der Waals surface area contributed by atoms with E-state index in [0.29, 0.717) is 17.7 Å². The van der Waals surface area contributed by atoms with Crippen LogP contribution in [0.15, 0.2) is 28.7 Å². The molecule has 3 heteroatoms. The first-order valence-electron chi connectivity index (χ1n) is 6.50. The molecular formula is C15H22BrClO. The molecule has 0 aliphatic heterocycles. The first-order chi connectivity index (χ1) is 8.61. The molecule has 1 aromatic rings. The van der Waals surface area contributed by atoms with Crippen molar-refractivity contribution in [2.45, 2.75) is 26.7 Å². The molecular weight excluding hydrogens is 312 g/mol. The first kappa shape index (κ1) is 16.0. The lowest BCUT2D eigenvalue weighted by Crippen LogP contribution is -2.12. The van der Waals surface area contributed by atoms with Gasteiger partial charge in [0.15, 0.2) is 0 Å². The maximum absolute atomic E-state index is 6.03. The zero-order valence-electron chi connectivity index (χ0n) is 11.2. The predicted octanol–water partition coefficient (Wildman–Crippen LogP) is 4.91. The molecule has 18 heavy (non-hydrogen) atoms. The highest BCUT2D eigenvalue weighted by Gasteiger charge is 2.09. The highest BCUT2D eigenvalue weighted by Crippen LogP contribution is 2.17. The molecule has 0 aliphatic carbocycles. The number of hydrogen-bond acceptors (Lipinski definition) is 1. The van der Waals surface area contributed by atoms with Crippen molar-refractivity contribution >= 4 is 27.5 Å². The van der Waals surface area contributed by atoms with Gasteiger partial charge in [-0.3, -0.25) is 0 Å². The molecule has 0 aromatic heterocycles. The van der Waals surface area contributed by atoms with Gasteiger partial charge in [0.1, 0.15) is 0 Å². The maximum atomic E-state index is 6.03. The molecule has 1 atom stereocenters. The Kier molecular flexibility index (Phi) is 7.96. The van der Waals surface area contributed by atoms with E-state index in [4.69, 9.17) is 16.3 Å². The van der Waals surface area contributed by atoms with E-state index in [1.54, 1.807) is 0 Å². The summed E-state index contributed by atoms with van der Waals surface area (Å²) in [6, 6.07) is 8.46. The molecule has 0 fully saturated rings. The fourth-order valence-electron chi connectivity index (χ4n) is 1.76. The third-order valence-corrected chi connectivity index (χ3v) is 3.74. The molecule has 102 valence electrons. The summed E-state index contributed by atoms with van der Waals surface area (Å²) >= 11 is 9.47. The molecule has 1 rings (SSSR count). The van der Waals surface area contributed by atoms with Crippen molar-refractivity contribution in [2.24, 2.45) is 11.8 Å². The molecule has 0 saturated carbocycles. The molecule has 1 unspecified atom stereocenters. The van der Waals surface area contributed by atoms with E-state index in [1.807, 2.05) is 0 Å². The summed E-state index contributed by atoms with van der Waals surface area (Å²) in [4.78, 5) is 0. The van der Waals surface area contributed by atoms with Crippen LogP contribution in [-0.2, 0) is 11.2 Å². The Labute approximate surface area is 124 Å². The zero-order chi connectivity index (χ0) is 13.4. The lowest BCUT2D eigenvalue weighted by molar-refractivity contribution is 0.0996. The van der Waals surface area contributed by atoms with Crippen LogP contribution in [0.3, 0.4) is 0 Å². The fourth-order valence-corrected chi connectivity index (χ4v) is 2.28. The van der Waals surface area contributed by atoms with Crippen LogP contribution in [0.1, 0.15) is 25.8 Å². The second-order valence-corrected chi connectivity index (χ2v) is 6.33. The SMILES string of the molecule is CC(C)COCCC(CCl)Cc1ccc(Br)cc1. The van der Waals surface area contributed by atoms with Gasteiger partial charge in [-0.2, -0.15) is 0 Å². The van der Waals surface area contributed by atoms with Gasteiger partial charge in [-0.15, -0.1) is 11.6 Å². The number of benzene rings is 1. The standard InChI is InChI=1S/C15H22BrClO/c1-12(2)11-18-8-7-14(10-17)9-13-3-5-15(16)6-4-13/h3-6,12,14H,7-11H2,1-2H3. The molecule has 0 amide bonds. The van der Waals surface area contributed by atoms with Gasteiger partial charge in [0.2, 0.25) is 0 Å². The molecule has 0 saturated heterocycles. The molecule has 0 spiro atoms. The summed E-state index contributed by atoms with van der Waals surface area (Å²) in [5.41, 5.74) is 1.34. The third-order valence-electron chi connectivity index (χ3n) is 2.78. The van der Waals surface area contributed by atoms with E-state index in [2.05, 4.69) is 54.0 Å². The zero-order valence-corrected chi connectivity index (χ0v) is 13.5. The minimum atomic E-state index is 0.500. The highest BCUT2D eigenvalue weighted by molar-refractivity contribution is 9.10. The Morgan fingerprint density at radius 3 is 2.44 bits per heavy atom. The lowest BCUT2D eigenvalue weighted by Gasteiger charge is -2.14. The Hall–Kier alpha value is -0.0500. The third kappa shape index (κ3) is 6.77. The minimum Gasteiger partial charge on any atom is -0.381 e. The maximum Gasteiger partial charge on any atom is 0.0488 e. The van der Waals surface area contributed by atoms with Crippen LogP contribution in [0.2, 0.25) is 0 Å². The van der Waals surface area contributed by atoms with Gasteiger partial charge in [0.25, 0.3) is 0 Å². The molecule has 0 bridgehead atoms. The summed E-state index contributed by atoms with van der Waals surface area (Å²) in [6.45, 7) is 5.99. The van der Waals surface area contributed by atoms with Gasteiger partial charge in [-0.1, -0.05) is 41.9 Å². The van der Waals surface area contributed by atoms with Gasteiger partial charge >= 0.3 is 0 Å². The fraction of sp³-hybridized carbons (Fsp3) is 0.600. The van der Waals surface area contributed by atoms with E-state index in [9.17, 15) is 0 Å². The monoisotopic (exact) mass is 332 g/mol. The Balaban J connectivity index is 2.30. The van der Waals surface area contributed by atoms with Crippen LogP contribution in [0.4, 0.5) is 0 Å². The van der Waals surface area contributed by atoms with Crippen molar-refractivity contribution < 1.29 is 4.74 Å². The molecule has 1 nitrogen and oxygen atoms in total. The van der Waals surface area contributed by atoms with Gasteiger partial charge in [0.05, 0.1) is 0 Å². The van der Waals surface area contributed by atoms with Crippen LogP contribution < -0.4 is 0 Å². The van der Waals surface area contributed by atoms with Crippen molar-refractivity contribution in [3.05, 3.63) is 34.3 Å². The summed E-state index contributed by atoms with van der Waals surface area (Å²) in [7, 11) is 0. The van der Waals surface area contributed by atoms with E-state index in [0.717, 1.165) is 30.5 Å². The minimum absolute atomic E-state index is 0.500. The average molecular weight is 334 g/mol. The van der Waals surface area contributed by atoms with E-state index >= 15 is 0 Å². The Morgan fingerprint density at radius 2 is 1.89 bits per heavy atom. The summed E-state index contributed by atoms with van der Waals surface area (Å²) in [5.74, 6) is 1.80. The van der Waals surface area contributed by atoms with Crippen molar-refractivity contribution in [1.82, 2.24) is 0 Å². The predicted molar refractivity (Wildman–Crippen MR) is 82.3 cm³/mol. The molecule has 0 heterocycles. The van der Waals surface area contributed by atoms with Crippen molar-refractivity contribution in [1.29, 1.82) is 0 Å². The number of rotatable bonds is 8. The Bertz CT molecular complexity index is 324. The van der Waals surface area contributed by atoms with E-state index in [-0.39, 0.29) is 0 Å². The molecule has 0 aliphatic rings. The van der Waals surface area contributed by atoms with Crippen LogP contribution in [0, 0.1) is 11.8 Å². The molecule has 0 radical (unpaired) electrons. The second-order valence-electron chi connectivity index (χ2n) is 5.11. The van der Waals surface area contributed by atoms with E-state index < -0.39 is 0 Å². The largest absolute Gasteiger partial charge is 0.381 e. The van der Waals surface area contributed by atoms with E-state index in [1.165, 1.54) is 5.56 Å². The highest BCUT2D eigenvalue weighted by atomic mass is 79.9. The lowest BCUT2D eigenvalue weighted by atomic mass is 9.98. The first-order valence-corrected chi connectivity index (χ1v) is 7.82. The summed E-state index contributed by atoms with van der Waals surface area (Å²) in [5, 5.41) is 0. The number of halogens is 2. The normalized spacial score (nSPS) is 12.9. The van der Waals surface area contributed by atoms with Gasteiger partial charge < -0.3 is 4.74 Å². The smallest absolute Gasteiger partial charge is 0.0488 e. The van der Waals surface area contributed by atoms with Crippen molar-refractivity contribution in [2.75, 3.05) is 19.1 Å². The van der Waals surface area contributed by atoms with Crippen LogP contribution in [0.25, 0.3) is 0 Å². The van der Waals surface area contributed by atoms with Crippen molar-refractivity contribution in [3.8, 4) is 0 Å². The molecule has 1 aromatic carbocycles. The Morgan fingerprint density at radius 1 is 1.22 bits per heavy atom. The quantitative estimate of drug-likeness (QED) is 0.485. The number of ether oxygens (including phenoxy) is 1. The second kappa shape index (κ2) is 8.95. The summed E-state index contributed by atoms with van der Waals surface area (Å²) < 4.78 is 6.74. The van der Waals surface area contributed by atoms with Gasteiger partial charge in [0, 0.05) is 23.6 Å². The van der Waals surface area contributed by atoms with Crippen LogP contribution >= 0.6 is 27.5 Å². The summed E-state index contributed by atoms with van der Waals surface area (Å²) in [6.07, 6.45) is 2.06. The van der Waals surface area contributed by atoms with Crippen molar-refractivity contribution in [3.63, 3.8) is 0 Å². The number of alkyl halides is 1. The van der Waals surface area contributed by atoms with Gasteiger partial charge in [-0.25, -0.2) is 0 Å². The van der Waals surface area contributed by atoms with Crippen LogP contribution in [-0.4, -0.2) is 19.1 Å².